The highest BCUT2D eigenvalue weighted by atomic mass is 19.4. The average molecular weight is 489 g/mol. The molecule has 3 rings (SSSR count). The van der Waals surface area contributed by atoms with E-state index in [1.807, 2.05) is 12.1 Å². The van der Waals surface area contributed by atoms with Gasteiger partial charge >= 0.3 is 12.3 Å². The minimum Gasteiger partial charge on any atom is -0.423 e. The molecule has 0 aliphatic heterocycles. The fourth-order valence-corrected chi connectivity index (χ4v) is 4.57. The highest BCUT2D eigenvalue weighted by Gasteiger charge is 2.31. The van der Waals surface area contributed by atoms with Gasteiger partial charge in [0.05, 0.1) is 5.56 Å². The lowest BCUT2D eigenvalue weighted by molar-refractivity contribution is -0.274. The highest BCUT2D eigenvalue weighted by Crippen LogP contribution is 2.32. The summed E-state index contributed by atoms with van der Waals surface area (Å²) >= 11 is 0. The zero-order valence-corrected chi connectivity index (χ0v) is 20.4. The quantitative estimate of drug-likeness (QED) is 0.137. The molecule has 0 unspecified atom stereocenters. The average Bonchev–Trinajstić information content (AvgIpc) is 2.83. The molecule has 0 amide bonds. The Hall–Kier alpha value is -2.76. The topological polar surface area (TPSA) is 35.5 Å². The van der Waals surface area contributed by atoms with Gasteiger partial charge in [0.2, 0.25) is 0 Å². The van der Waals surface area contributed by atoms with Gasteiger partial charge in [-0.1, -0.05) is 56.9 Å². The molecule has 2 aromatic carbocycles. The summed E-state index contributed by atoms with van der Waals surface area (Å²) in [5, 5.41) is 0. The summed E-state index contributed by atoms with van der Waals surface area (Å²) in [5.41, 5.74) is 1.52. The second-order valence-electron chi connectivity index (χ2n) is 9.35. The molecule has 6 heteroatoms. The Balaban J connectivity index is 1.38. The van der Waals surface area contributed by atoms with Crippen molar-refractivity contribution in [3.8, 4) is 11.5 Å². The first-order valence-electron chi connectivity index (χ1n) is 12.7. The van der Waals surface area contributed by atoms with Crippen molar-refractivity contribution in [2.75, 3.05) is 0 Å². The SMILES string of the molecule is CCCCCC1CCC(C=CCCc2ccc(C(=O)Oc3ccc(OC(F)(F)F)cc3)cc2)CC1. The molecule has 0 bridgehead atoms. The first kappa shape index (κ1) is 26.8. The molecule has 35 heavy (non-hydrogen) atoms. The number of carbonyl (C=O) groups is 1. The number of rotatable bonds is 11. The minimum atomic E-state index is -4.76. The summed E-state index contributed by atoms with van der Waals surface area (Å²) in [6.45, 7) is 2.26. The fourth-order valence-electron chi connectivity index (χ4n) is 4.57. The van der Waals surface area contributed by atoms with E-state index in [1.54, 1.807) is 12.1 Å². The number of unbranched alkanes of at least 4 members (excludes halogenated alkanes) is 2. The maximum atomic E-state index is 12.3. The number of hydrogen-bond donors (Lipinski definition) is 0. The van der Waals surface area contributed by atoms with Gasteiger partial charge in [0.25, 0.3) is 0 Å². The van der Waals surface area contributed by atoms with E-state index >= 15 is 0 Å². The van der Waals surface area contributed by atoms with Gasteiger partial charge in [0, 0.05) is 0 Å². The van der Waals surface area contributed by atoms with E-state index in [4.69, 9.17) is 4.74 Å². The van der Waals surface area contributed by atoms with Crippen LogP contribution in [-0.2, 0) is 6.42 Å². The summed E-state index contributed by atoms with van der Waals surface area (Å²) < 4.78 is 45.8. The van der Waals surface area contributed by atoms with Crippen LogP contribution in [0.3, 0.4) is 0 Å². The van der Waals surface area contributed by atoms with Gasteiger partial charge in [-0.25, -0.2) is 4.79 Å². The van der Waals surface area contributed by atoms with Crippen LogP contribution >= 0.6 is 0 Å². The Kier molecular flexibility index (Phi) is 10.2. The van der Waals surface area contributed by atoms with Crippen LogP contribution < -0.4 is 9.47 Å². The summed E-state index contributed by atoms with van der Waals surface area (Å²) in [7, 11) is 0. The Morgan fingerprint density at radius 3 is 2.23 bits per heavy atom. The molecule has 0 radical (unpaired) electrons. The zero-order chi connectivity index (χ0) is 25.1. The molecule has 1 saturated carbocycles. The number of halogens is 3. The van der Waals surface area contributed by atoms with E-state index in [0.29, 0.717) is 11.5 Å². The second kappa shape index (κ2) is 13.4. The van der Waals surface area contributed by atoms with Crippen LogP contribution in [0.2, 0.25) is 0 Å². The van der Waals surface area contributed by atoms with Crippen molar-refractivity contribution >= 4 is 5.97 Å². The van der Waals surface area contributed by atoms with Crippen molar-refractivity contribution in [2.24, 2.45) is 11.8 Å². The zero-order valence-electron chi connectivity index (χ0n) is 20.4. The normalized spacial score (nSPS) is 18.5. The van der Waals surface area contributed by atoms with E-state index in [0.717, 1.165) is 36.5 Å². The molecule has 1 aliphatic carbocycles. The van der Waals surface area contributed by atoms with Crippen LogP contribution in [0, 0.1) is 11.8 Å². The van der Waals surface area contributed by atoms with Gasteiger partial charge in [-0.05, 0) is 92.3 Å². The van der Waals surface area contributed by atoms with E-state index in [2.05, 4.69) is 23.8 Å². The third kappa shape index (κ3) is 9.79. The predicted molar refractivity (Wildman–Crippen MR) is 132 cm³/mol. The highest BCUT2D eigenvalue weighted by molar-refractivity contribution is 5.91. The molecule has 2 aromatic rings. The third-order valence-electron chi connectivity index (χ3n) is 6.57. The van der Waals surface area contributed by atoms with Gasteiger partial charge < -0.3 is 9.47 Å². The number of esters is 1. The van der Waals surface area contributed by atoms with Crippen molar-refractivity contribution < 1.29 is 27.4 Å². The van der Waals surface area contributed by atoms with E-state index < -0.39 is 12.3 Å². The van der Waals surface area contributed by atoms with Gasteiger partial charge in [0.1, 0.15) is 11.5 Å². The first-order valence-corrected chi connectivity index (χ1v) is 12.7. The van der Waals surface area contributed by atoms with Crippen molar-refractivity contribution in [3.63, 3.8) is 0 Å². The Morgan fingerprint density at radius 2 is 1.60 bits per heavy atom. The lowest BCUT2D eigenvalue weighted by atomic mass is 9.79. The van der Waals surface area contributed by atoms with Gasteiger partial charge in [0.15, 0.2) is 0 Å². The summed E-state index contributed by atoms with van der Waals surface area (Å²) in [6.07, 6.45) is 12.6. The number of aryl methyl sites for hydroxylation is 1. The minimum absolute atomic E-state index is 0.147. The van der Waals surface area contributed by atoms with Crippen molar-refractivity contribution in [3.05, 3.63) is 71.8 Å². The Bertz CT molecular complexity index is 925. The molecule has 0 atom stereocenters. The van der Waals surface area contributed by atoms with Crippen LogP contribution in [0.1, 0.15) is 80.6 Å². The largest absolute Gasteiger partial charge is 0.573 e. The molecule has 0 saturated heterocycles. The van der Waals surface area contributed by atoms with Crippen LogP contribution in [0.25, 0.3) is 0 Å². The molecule has 3 nitrogen and oxygen atoms in total. The van der Waals surface area contributed by atoms with Crippen LogP contribution in [0.5, 0.6) is 11.5 Å². The number of allylic oxidation sites excluding steroid dienone is 2. The van der Waals surface area contributed by atoms with Crippen molar-refractivity contribution in [1.29, 1.82) is 0 Å². The molecule has 0 spiro atoms. The second-order valence-corrected chi connectivity index (χ2v) is 9.35. The monoisotopic (exact) mass is 488 g/mol. The third-order valence-corrected chi connectivity index (χ3v) is 6.57. The van der Waals surface area contributed by atoms with Gasteiger partial charge in [-0.2, -0.15) is 0 Å². The summed E-state index contributed by atoms with van der Waals surface area (Å²) in [6, 6.07) is 12.0. The van der Waals surface area contributed by atoms with Crippen LogP contribution in [0.4, 0.5) is 13.2 Å². The first-order chi connectivity index (χ1) is 16.8. The number of hydrogen-bond acceptors (Lipinski definition) is 3. The van der Waals surface area contributed by atoms with E-state index in [-0.39, 0.29) is 11.5 Å². The standard InChI is InChI=1S/C29H35F3O3/c1-2-3-4-7-22-10-12-23(13-11-22)8-5-6-9-24-14-16-25(17-15-24)28(33)34-26-18-20-27(21-19-26)35-29(30,31)32/h5,8,14-23H,2-4,6-7,9-13H2,1H3. The van der Waals surface area contributed by atoms with Crippen LogP contribution in [-0.4, -0.2) is 12.3 Å². The molecule has 190 valence electrons. The van der Waals surface area contributed by atoms with E-state index in [9.17, 15) is 18.0 Å². The lowest BCUT2D eigenvalue weighted by Crippen LogP contribution is -2.17. The Morgan fingerprint density at radius 1 is 0.943 bits per heavy atom. The summed E-state index contributed by atoms with van der Waals surface area (Å²) in [4.78, 5) is 12.3. The van der Waals surface area contributed by atoms with Gasteiger partial charge in [-0.15, -0.1) is 13.2 Å². The van der Waals surface area contributed by atoms with Crippen LogP contribution in [0.15, 0.2) is 60.7 Å². The van der Waals surface area contributed by atoms with Gasteiger partial charge in [-0.3, -0.25) is 0 Å². The molecular formula is C29H35F3O3. The molecule has 0 N–H and O–H groups in total. The number of carbonyl (C=O) groups excluding carboxylic acids is 1. The maximum absolute atomic E-state index is 12.3. The molecule has 0 aromatic heterocycles. The smallest absolute Gasteiger partial charge is 0.423 e. The fraction of sp³-hybridized carbons (Fsp3) is 0.483. The molecule has 1 aliphatic rings. The number of ether oxygens (including phenoxy) is 2. The molecular weight excluding hydrogens is 453 g/mol. The van der Waals surface area contributed by atoms with E-state index in [1.165, 1.54) is 63.5 Å². The maximum Gasteiger partial charge on any atom is 0.573 e. The lowest BCUT2D eigenvalue weighted by Gasteiger charge is -2.26. The predicted octanol–water partition coefficient (Wildman–Crippen LogP) is 8.68. The summed E-state index contributed by atoms with van der Waals surface area (Å²) in [5.74, 6) is 0.855. The van der Waals surface area contributed by atoms with Crippen molar-refractivity contribution in [1.82, 2.24) is 0 Å². The molecule has 1 fully saturated rings. The Labute approximate surface area is 206 Å². The number of alkyl halides is 3. The number of benzene rings is 2. The molecule has 0 heterocycles. The van der Waals surface area contributed by atoms with Crippen molar-refractivity contribution in [2.45, 2.75) is 77.5 Å².